The van der Waals surface area contributed by atoms with Gasteiger partial charge in [-0.1, -0.05) is 26.3 Å². The van der Waals surface area contributed by atoms with E-state index in [-0.39, 0.29) is 5.56 Å². The maximum Gasteiger partial charge on any atom is 0.253 e. The normalized spacial score (nSPS) is 12.8. The lowest BCUT2D eigenvalue weighted by molar-refractivity contribution is 0.462. The van der Waals surface area contributed by atoms with Gasteiger partial charge in [0.05, 0.1) is 0 Å². The van der Waals surface area contributed by atoms with Gasteiger partial charge in [0, 0.05) is 18.3 Å². The van der Waals surface area contributed by atoms with E-state index in [1.54, 1.807) is 0 Å². The average Bonchev–Trinajstić information content (AvgIpc) is 2.20. The molecule has 2 nitrogen and oxygen atoms in total. The molecule has 0 aliphatic heterocycles. The van der Waals surface area contributed by atoms with Crippen LogP contribution >= 0.6 is 0 Å². The van der Waals surface area contributed by atoms with Crippen molar-refractivity contribution in [1.29, 1.82) is 0 Å². The SMILES string of the molecule is CCC(C)CCn1cccc(C)c1=O. The highest BCUT2D eigenvalue weighted by Gasteiger charge is 2.01. The van der Waals surface area contributed by atoms with Crippen molar-refractivity contribution in [2.24, 2.45) is 5.92 Å². The Bertz CT molecular complexity index is 340. The molecule has 14 heavy (non-hydrogen) atoms. The van der Waals surface area contributed by atoms with Gasteiger partial charge in [-0.25, -0.2) is 0 Å². The van der Waals surface area contributed by atoms with Crippen molar-refractivity contribution in [1.82, 2.24) is 4.57 Å². The van der Waals surface area contributed by atoms with Crippen LogP contribution in [0.4, 0.5) is 0 Å². The molecule has 1 unspecified atom stereocenters. The quantitative estimate of drug-likeness (QED) is 0.720. The summed E-state index contributed by atoms with van der Waals surface area (Å²) >= 11 is 0. The van der Waals surface area contributed by atoms with E-state index in [0.717, 1.165) is 18.5 Å². The van der Waals surface area contributed by atoms with Gasteiger partial charge in [-0.15, -0.1) is 0 Å². The lowest BCUT2D eigenvalue weighted by Crippen LogP contribution is -2.21. The first kappa shape index (κ1) is 11.0. The Kier molecular flexibility index (Phi) is 3.93. The molecule has 0 saturated carbocycles. The molecule has 1 heterocycles. The van der Waals surface area contributed by atoms with Gasteiger partial charge < -0.3 is 4.57 Å². The van der Waals surface area contributed by atoms with Crippen molar-refractivity contribution in [2.45, 2.75) is 40.2 Å². The van der Waals surface area contributed by atoms with Crippen molar-refractivity contribution in [3.05, 3.63) is 34.2 Å². The fraction of sp³-hybridized carbons (Fsp3) is 0.583. The Labute approximate surface area is 85.6 Å². The third-order valence-corrected chi connectivity index (χ3v) is 2.77. The molecule has 0 aromatic carbocycles. The van der Waals surface area contributed by atoms with Crippen LogP contribution in [0.1, 0.15) is 32.3 Å². The van der Waals surface area contributed by atoms with E-state index in [1.807, 2.05) is 29.8 Å². The summed E-state index contributed by atoms with van der Waals surface area (Å²) in [6.07, 6.45) is 4.14. The van der Waals surface area contributed by atoms with Crippen LogP contribution in [0.5, 0.6) is 0 Å². The zero-order valence-corrected chi connectivity index (χ0v) is 9.29. The second-order valence-corrected chi connectivity index (χ2v) is 3.99. The summed E-state index contributed by atoms with van der Waals surface area (Å²) in [5.41, 5.74) is 0.979. The first-order valence-corrected chi connectivity index (χ1v) is 5.31. The Morgan fingerprint density at radius 2 is 2.21 bits per heavy atom. The van der Waals surface area contributed by atoms with E-state index in [9.17, 15) is 4.79 Å². The van der Waals surface area contributed by atoms with Crippen LogP contribution in [0.15, 0.2) is 23.1 Å². The standard InChI is InChI=1S/C12H19NO/c1-4-10(2)7-9-13-8-5-6-11(3)12(13)14/h5-6,8,10H,4,7,9H2,1-3H3. The molecule has 0 bridgehead atoms. The Hall–Kier alpha value is -1.05. The molecule has 1 rings (SSSR count). The summed E-state index contributed by atoms with van der Waals surface area (Å²) < 4.78 is 1.81. The molecule has 0 saturated heterocycles. The van der Waals surface area contributed by atoms with Gasteiger partial charge in [0.2, 0.25) is 0 Å². The largest absolute Gasteiger partial charge is 0.315 e. The Balaban J connectivity index is 2.68. The molecule has 0 spiro atoms. The van der Waals surface area contributed by atoms with Crippen molar-refractivity contribution >= 4 is 0 Å². The fourth-order valence-corrected chi connectivity index (χ4v) is 1.40. The molecule has 0 amide bonds. The molecule has 0 aliphatic rings. The highest BCUT2D eigenvalue weighted by Crippen LogP contribution is 2.07. The van der Waals surface area contributed by atoms with E-state index in [4.69, 9.17) is 0 Å². The van der Waals surface area contributed by atoms with E-state index in [0.29, 0.717) is 5.92 Å². The summed E-state index contributed by atoms with van der Waals surface area (Å²) in [6, 6.07) is 3.80. The summed E-state index contributed by atoms with van der Waals surface area (Å²) in [5, 5.41) is 0. The van der Waals surface area contributed by atoms with E-state index < -0.39 is 0 Å². The summed E-state index contributed by atoms with van der Waals surface area (Å²) in [4.78, 5) is 11.6. The van der Waals surface area contributed by atoms with Crippen molar-refractivity contribution in [3.63, 3.8) is 0 Å². The number of aromatic nitrogens is 1. The molecule has 0 radical (unpaired) electrons. The summed E-state index contributed by atoms with van der Waals surface area (Å²) in [5.74, 6) is 0.697. The molecule has 0 aliphatic carbocycles. The molecular weight excluding hydrogens is 174 g/mol. The average molecular weight is 193 g/mol. The smallest absolute Gasteiger partial charge is 0.253 e. The number of pyridine rings is 1. The second kappa shape index (κ2) is 4.99. The van der Waals surface area contributed by atoms with E-state index in [2.05, 4.69) is 13.8 Å². The van der Waals surface area contributed by atoms with Gasteiger partial charge in [0.25, 0.3) is 5.56 Å². The Morgan fingerprint density at radius 3 is 2.86 bits per heavy atom. The van der Waals surface area contributed by atoms with Crippen molar-refractivity contribution in [2.75, 3.05) is 0 Å². The van der Waals surface area contributed by atoms with Crippen LogP contribution in [0.25, 0.3) is 0 Å². The maximum atomic E-state index is 11.6. The highest BCUT2D eigenvalue weighted by molar-refractivity contribution is 5.07. The van der Waals surface area contributed by atoms with Crippen LogP contribution < -0.4 is 5.56 Å². The van der Waals surface area contributed by atoms with Gasteiger partial charge in [0.1, 0.15) is 0 Å². The van der Waals surface area contributed by atoms with E-state index >= 15 is 0 Å². The number of nitrogens with zero attached hydrogens (tertiary/aromatic N) is 1. The second-order valence-electron chi connectivity index (χ2n) is 3.99. The van der Waals surface area contributed by atoms with Crippen LogP contribution in [0, 0.1) is 12.8 Å². The van der Waals surface area contributed by atoms with Crippen molar-refractivity contribution in [3.8, 4) is 0 Å². The molecule has 1 aromatic rings. The minimum absolute atomic E-state index is 0.149. The Morgan fingerprint density at radius 1 is 1.50 bits per heavy atom. The van der Waals surface area contributed by atoms with Crippen LogP contribution in [-0.2, 0) is 6.54 Å². The van der Waals surface area contributed by atoms with Crippen LogP contribution in [0.2, 0.25) is 0 Å². The molecule has 0 fully saturated rings. The highest BCUT2D eigenvalue weighted by atomic mass is 16.1. The zero-order chi connectivity index (χ0) is 10.6. The molecule has 0 N–H and O–H groups in total. The maximum absolute atomic E-state index is 11.6. The van der Waals surface area contributed by atoms with Gasteiger partial charge in [0.15, 0.2) is 0 Å². The third-order valence-electron chi connectivity index (χ3n) is 2.77. The number of aryl methyl sites for hydroxylation is 2. The molecule has 1 aromatic heterocycles. The van der Waals surface area contributed by atoms with Gasteiger partial charge >= 0.3 is 0 Å². The van der Waals surface area contributed by atoms with Crippen molar-refractivity contribution < 1.29 is 0 Å². The molecular formula is C12H19NO. The molecule has 1 atom stereocenters. The fourth-order valence-electron chi connectivity index (χ4n) is 1.40. The van der Waals surface area contributed by atoms with Gasteiger partial charge in [-0.3, -0.25) is 4.79 Å². The van der Waals surface area contributed by atoms with Gasteiger partial charge in [-0.2, -0.15) is 0 Å². The zero-order valence-electron chi connectivity index (χ0n) is 9.29. The first-order valence-electron chi connectivity index (χ1n) is 5.31. The topological polar surface area (TPSA) is 22.0 Å². The minimum atomic E-state index is 0.149. The molecule has 78 valence electrons. The lowest BCUT2D eigenvalue weighted by Gasteiger charge is -2.10. The number of hydrogen-bond acceptors (Lipinski definition) is 1. The van der Waals surface area contributed by atoms with E-state index in [1.165, 1.54) is 6.42 Å². The van der Waals surface area contributed by atoms with Crippen LogP contribution in [0.3, 0.4) is 0 Å². The number of hydrogen-bond donors (Lipinski definition) is 0. The molecule has 2 heteroatoms. The summed E-state index contributed by atoms with van der Waals surface area (Å²) in [6.45, 7) is 7.11. The number of rotatable bonds is 4. The summed E-state index contributed by atoms with van der Waals surface area (Å²) in [7, 11) is 0. The first-order chi connectivity index (χ1) is 6.65. The van der Waals surface area contributed by atoms with Gasteiger partial charge in [-0.05, 0) is 25.3 Å². The lowest BCUT2D eigenvalue weighted by atomic mass is 10.1. The predicted octanol–water partition coefficient (Wildman–Crippen LogP) is 2.59. The monoisotopic (exact) mass is 193 g/mol. The minimum Gasteiger partial charge on any atom is -0.315 e. The third kappa shape index (κ3) is 2.72. The predicted molar refractivity (Wildman–Crippen MR) is 59.5 cm³/mol. The van der Waals surface area contributed by atoms with Crippen LogP contribution in [-0.4, -0.2) is 4.57 Å².